The highest BCUT2D eigenvalue weighted by Gasteiger charge is 2.20. The summed E-state index contributed by atoms with van der Waals surface area (Å²) in [4.78, 5) is 14.2. The predicted octanol–water partition coefficient (Wildman–Crippen LogP) is 3.40. The maximum absolute atomic E-state index is 12.2. The second-order valence-electron chi connectivity index (χ2n) is 7.18. The summed E-state index contributed by atoms with van der Waals surface area (Å²) in [6.07, 6.45) is 6.09. The molecule has 0 atom stereocenters. The Labute approximate surface area is 155 Å². The molecule has 0 fully saturated rings. The van der Waals surface area contributed by atoms with E-state index in [9.17, 15) is 4.79 Å². The molecule has 0 aliphatic heterocycles. The number of nitrogens with zero attached hydrogens (tertiary/aromatic N) is 1. The molecule has 1 N–H and O–H groups in total. The summed E-state index contributed by atoms with van der Waals surface area (Å²) in [5.74, 6) is 1.76. The molecule has 0 saturated heterocycles. The van der Waals surface area contributed by atoms with Gasteiger partial charge >= 0.3 is 0 Å². The van der Waals surface area contributed by atoms with Crippen LogP contribution in [0.5, 0.6) is 5.75 Å². The van der Waals surface area contributed by atoms with E-state index in [4.69, 9.17) is 9.15 Å². The van der Waals surface area contributed by atoms with Crippen LogP contribution in [0.3, 0.4) is 0 Å². The molecule has 0 bridgehead atoms. The lowest BCUT2D eigenvalue weighted by Gasteiger charge is -2.12. The first-order valence-corrected chi connectivity index (χ1v) is 9.23. The van der Waals surface area contributed by atoms with Gasteiger partial charge in [0.2, 0.25) is 5.91 Å². The van der Waals surface area contributed by atoms with Crippen LogP contribution in [0, 0.1) is 0 Å². The molecule has 1 aromatic heterocycles. The minimum Gasteiger partial charge on any atom is -0.496 e. The van der Waals surface area contributed by atoms with Crippen LogP contribution in [0.15, 0.2) is 22.6 Å². The monoisotopic (exact) mass is 356 g/mol. The fourth-order valence-corrected chi connectivity index (χ4v) is 3.49. The van der Waals surface area contributed by atoms with E-state index in [0.717, 1.165) is 53.0 Å². The summed E-state index contributed by atoms with van der Waals surface area (Å²) >= 11 is 0. The SMILES string of the molecule is COc1cc2oc3c(c2cc1/C(C)=C/C(=O)NCCN(C)C)CCCC3. The van der Waals surface area contributed by atoms with Crippen molar-refractivity contribution in [1.82, 2.24) is 10.2 Å². The summed E-state index contributed by atoms with van der Waals surface area (Å²) in [7, 11) is 5.62. The number of amides is 1. The van der Waals surface area contributed by atoms with Crippen molar-refractivity contribution in [3.63, 3.8) is 0 Å². The van der Waals surface area contributed by atoms with Gasteiger partial charge in [-0.15, -0.1) is 0 Å². The third-order valence-corrected chi connectivity index (χ3v) is 4.91. The van der Waals surface area contributed by atoms with Gasteiger partial charge in [-0.3, -0.25) is 4.79 Å². The second kappa shape index (κ2) is 7.96. The van der Waals surface area contributed by atoms with Crippen molar-refractivity contribution in [2.75, 3.05) is 34.3 Å². The first-order valence-electron chi connectivity index (χ1n) is 9.23. The first-order chi connectivity index (χ1) is 12.5. The summed E-state index contributed by atoms with van der Waals surface area (Å²) in [6.45, 7) is 3.39. The summed E-state index contributed by atoms with van der Waals surface area (Å²) in [6, 6.07) is 4.06. The highest BCUT2D eigenvalue weighted by Crippen LogP contribution is 2.37. The lowest BCUT2D eigenvalue weighted by atomic mass is 9.94. The van der Waals surface area contributed by atoms with Crippen molar-refractivity contribution < 1.29 is 13.9 Å². The molecule has 26 heavy (non-hydrogen) atoms. The number of hydrogen-bond donors (Lipinski definition) is 1. The zero-order chi connectivity index (χ0) is 18.7. The summed E-state index contributed by atoms with van der Waals surface area (Å²) < 4.78 is 11.6. The number of fused-ring (bicyclic) bond motifs is 3. The third kappa shape index (κ3) is 3.93. The van der Waals surface area contributed by atoms with Crippen molar-refractivity contribution >= 4 is 22.4 Å². The molecule has 1 heterocycles. The number of nitrogens with one attached hydrogen (secondary N) is 1. The molecule has 1 aromatic carbocycles. The zero-order valence-corrected chi connectivity index (χ0v) is 16.1. The minimum absolute atomic E-state index is 0.0827. The Morgan fingerprint density at radius 2 is 2.08 bits per heavy atom. The first kappa shape index (κ1) is 18.5. The number of carbonyl (C=O) groups is 1. The number of aryl methyl sites for hydroxylation is 2. The van der Waals surface area contributed by atoms with E-state index in [2.05, 4.69) is 11.4 Å². The van der Waals surface area contributed by atoms with E-state index in [1.54, 1.807) is 13.2 Å². The van der Waals surface area contributed by atoms with Gasteiger partial charge in [-0.2, -0.15) is 0 Å². The number of carbonyl (C=O) groups excluding carboxylic acids is 1. The lowest BCUT2D eigenvalue weighted by molar-refractivity contribution is -0.116. The molecule has 140 valence electrons. The number of likely N-dealkylation sites (N-methyl/N-ethyl adjacent to an activating group) is 1. The van der Waals surface area contributed by atoms with Crippen LogP contribution < -0.4 is 10.1 Å². The molecule has 1 aliphatic rings. The van der Waals surface area contributed by atoms with E-state index in [1.807, 2.05) is 32.0 Å². The lowest BCUT2D eigenvalue weighted by Crippen LogP contribution is -2.30. The van der Waals surface area contributed by atoms with Gasteiger partial charge in [0.25, 0.3) is 0 Å². The van der Waals surface area contributed by atoms with Crippen LogP contribution in [-0.4, -0.2) is 45.1 Å². The quantitative estimate of drug-likeness (QED) is 0.806. The Kier molecular flexibility index (Phi) is 5.67. The molecule has 0 radical (unpaired) electrons. The van der Waals surface area contributed by atoms with E-state index in [0.29, 0.717) is 6.54 Å². The van der Waals surface area contributed by atoms with Gasteiger partial charge in [0.1, 0.15) is 17.1 Å². The second-order valence-corrected chi connectivity index (χ2v) is 7.18. The Hall–Kier alpha value is -2.27. The van der Waals surface area contributed by atoms with E-state index < -0.39 is 0 Å². The van der Waals surface area contributed by atoms with Gasteiger partial charge in [0.05, 0.1) is 7.11 Å². The van der Waals surface area contributed by atoms with E-state index >= 15 is 0 Å². The molecule has 2 aromatic rings. The Balaban J connectivity index is 1.90. The summed E-state index contributed by atoms with van der Waals surface area (Å²) in [5.41, 5.74) is 4.02. The fraction of sp³-hybridized carbons (Fsp3) is 0.476. The number of benzene rings is 1. The maximum Gasteiger partial charge on any atom is 0.244 e. The number of hydrogen-bond acceptors (Lipinski definition) is 4. The van der Waals surface area contributed by atoms with Crippen LogP contribution >= 0.6 is 0 Å². The Morgan fingerprint density at radius 3 is 2.81 bits per heavy atom. The average Bonchev–Trinajstić information content (AvgIpc) is 2.97. The molecule has 3 rings (SSSR count). The van der Waals surface area contributed by atoms with Gasteiger partial charge in [0, 0.05) is 48.2 Å². The van der Waals surface area contributed by atoms with Crippen molar-refractivity contribution in [3.05, 3.63) is 35.1 Å². The maximum atomic E-state index is 12.2. The normalized spacial score (nSPS) is 14.6. The largest absolute Gasteiger partial charge is 0.496 e. The Bertz CT molecular complexity index is 833. The topological polar surface area (TPSA) is 54.7 Å². The van der Waals surface area contributed by atoms with E-state index in [-0.39, 0.29) is 5.91 Å². The van der Waals surface area contributed by atoms with Crippen LogP contribution in [0.25, 0.3) is 16.5 Å². The van der Waals surface area contributed by atoms with Crippen LogP contribution in [0.4, 0.5) is 0 Å². The van der Waals surface area contributed by atoms with Crippen LogP contribution in [0.1, 0.15) is 36.7 Å². The van der Waals surface area contributed by atoms with Crippen molar-refractivity contribution in [2.45, 2.75) is 32.6 Å². The molecular formula is C21H28N2O3. The fourth-order valence-electron chi connectivity index (χ4n) is 3.49. The molecule has 5 heteroatoms. The Morgan fingerprint density at radius 1 is 1.31 bits per heavy atom. The number of allylic oxidation sites excluding steroid dienone is 1. The van der Waals surface area contributed by atoms with Crippen molar-refractivity contribution in [3.8, 4) is 5.75 Å². The molecule has 0 saturated carbocycles. The van der Waals surface area contributed by atoms with Crippen LogP contribution in [-0.2, 0) is 17.6 Å². The van der Waals surface area contributed by atoms with Gasteiger partial charge in [-0.25, -0.2) is 0 Å². The smallest absolute Gasteiger partial charge is 0.244 e. The number of ether oxygens (including phenoxy) is 1. The molecule has 1 amide bonds. The van der Waals surface area contributed by atoms with Gasteiger partial charge in [0.15, 0.2) is 0 Å². The van der Waals surface area contributed by atoms with Crippen molar-refractivity contribution in [1.29, 1.82) is 0 Å². The number of methoxy groups -OCH3 is 1. The van der Waals surface area contributed by atoms with Crippen LogP contribution in [0.2, 0.25) is 0 Å². The van der Waals surface area contributed by atoms with Crippen molar-refractivity contribution in [2.24, 2.45) is 0 Å². The molecule has 5 nitrogen and oxygen atoms in total. The third-order valence-electron chi connectivity index (χ3n) is 4.91. The van der Waals surface area contributed by atoms with Gasteiger partial charge < -0.3 is 19.4 Å². The number of furan rings is 1. The molecule has 0 spiro atoms. The van der Waals surface area contributed by atoms with E-state index in [1.165, 1.54) is 18.4 Å². The highest BCUT2D eigenvalue weighted by molar-refractivity contribution is 5.97. The zero-order valence-electron chi connectivity index (χ0n) is 16.1. The van der Waals surface area contributed by atoms with Gasteiger partial charge in [-0.1, -0.05) is 0 Å². The summed E-state index contributed by atoms with van der Waals surface area (Å²) in [5, 5.41) is 4.07. The van der Waals surface area contributed by atoms with Gasteiger partial charge in [-0.05, 0) is 51.9 Å². The highest BCUT2D eigenvalue weighted by atomic mass is 16.5. The average molecular weight is 356 g/mol. The minimum atomic E-state index is -0.0827. The molecular weight excluding hydrogens is 328 g/mol. The molecule has 1 aliphatic carbocycles. The standard InChI is InChI=1S/C21H28N2O3/c1-14(11-21(24)22-9-10-23(2)3)16-12-17-15-7-5-6-8-18(15)26-20(17)13-19(16)25-4/h11-13H,5-10H2,1-4H3,(H,22,24)/b14-11+. The predicted molar refractivity (Wildman–Crippen MR) is 105 cm³/mol. The molecule has 0 unspecified atom stereocenters. The number of rotatable bonds is 6.